The number of anilines is 1. The third-order valence-electron chi connectivity index (χ3n) is 6.59. The highest BCUT2D eigenvalue weighted by molar-refractivity contribution is 7.13. The first-order valence-electron chi connectivity index (χ1n) is 13.6. The van der Waals surface area contributed by atoms with Crippen molar-refractivity contribution >= 4 is 40.1 Å². The SMILES string of the molecule is CCNC(=O)Nc1cc(-c2nc(C(F)(F)F)cs2)c(-c2ccc3c(=O)c(C(=O)OCC)cn(Cc4ccccc4)c3c2)cn1. The normalized spacial score (nSPS) is 11.4. The minimum Gasteiger partial charge on any atom is -0.462 e. The molecule has 0 fully saturated rings. The number of hydrogen-bond donors (Lipinski definition) is 2. The lowest BCUT2D eigenvalue weighted by Gasteiger charge is -2.16. The molecule has 2 N–H and O–H groups in total. The molecule has 0 saturated heterocycles. The Kier molecular flexibility index (Phi) is 8.76. The van der Waals surface area contributed by atoms with Crippen molar-refractivity contribution in [3.05, 3.63) is 99.4 Å². The number of halogens is 3. The van der Waals surface area contributed by atoms with Crippen molar-refractivity contribution in [1.29, 1.82) is 0 Å². The van der Waals surface area contributed by atoms with Gasteiger partial charge in [-0.1, -0.05) is 36.4 Å². The zero-order valence-corrected chi connectivity index (χ0v) is 24.4. The Balaban J connectivity index is 1.69. The van der Waals surface area contributed by atoms with Gasteiger partial charge >= 0.3 is 18.2 Å². The summed E-state index contributed by atoms with van der Waals surface area (Å²) in [5.41, 5.74) is 0.964. The molecule has 2 aromatic carbocycles. The van der Waals surface area contributed by atoms with Crippen molar-refractivity contribution in [2.24, 2.45) is 0 Å². The molecule has 0 unspecified atom stereocenters. The molecule has 0 saturated carbocycles. The first-order chi connectivity index (χ1) is 21.1. The number of carbonyl (C=O) groups excluding carboxylic acids is 2. The van der Waals surface area contributed by atoms with Crippen LogP contribution in [0.5, 0.6) is 0 Å². The second kappa shape index (κ2) is 12.7. The molecule has 5 rings (SSSR count). The molecular formula is C31H26F3N5O4S. The number of alkyl halides is 3. The van der Waals surface area contributed by atoms with Gasteiger partial charge in [-0.15, -0.1) is 11.3 Å². The summed E-state index contributed by atoms with van der Waals surface area (Å²) < 4.78 is 47.2. The number of amides is 2. The van der Waals surface area contributed by atoms with Gasteiger partial charge in [0.1, 0.15) is 16.4 Å². The van der Waals surface area contributed by atoms with Crippen molar-refractivity contribution in [2.75, 3.05) is 18.5 Å². The Bertz CT molecular complexity index is 1900. The van der Waals surface area contributed by atoms with E-state index >= 15 is 0 Å². The summed E-state index contributed by atoms with van der Waals surface area (Å²) in [6.07, 6.45) is -1.76. The van der Waals surface area contributed by atoms with Crippen LogP contribution < -0.4 is 16.1 Å². The average Bonchev–Trinajstić information content (AvgIpc) is 3.50. The van der Waals surface area contributed by atoms with Crippen LogP contribution in [0.3, 0.4) is 0 Å². The second-order valence-electron chi connectivity index (χ2n) is 9.57. The number of nitrogens with zero attached hydrogens (tertiary/aromatic N) is 3. The maximum atomic E-state index is 13.5. The van der Waals surface area contributed by atoms with Crippen molar-refractivity contribution in [3.8, 4) is 21.7 Å². The van der Waals surface area contributed by atoms with E-state index in [1.165, 1.54) is 18.5 Å². The van der Waals surface area contributed by atoms with Gasteiger partial charge in [-0.05, 0) is 43.2 Å². The van der Waals surface area contributed by atoms with E-state index < -0.39 is 29.3 Å². The zero-order chi connectivity index (χ0) is 31.4. The molecule has 5 aromatic rings. The Morgan fingerprint density at radius 1 is 1.05 bits per heavy atom. The minimum atomic E-state index is -4.64. The Morgan fingerprint density at radius 3 is 2.50 bits per heavy atom. The molecule has 0 bridgehead atoms. The molecular weight excluding hydrogens is 595 g/mol. The smallest absolute Gasteiger partial charge is 0.434 e. The number of urea groups is 1. The van der Waals surface area contributed by atoms with Crippen molar-refractivity contribution < 1.29 is 27.5 Å². The lowest BCUT2D eigenvalue weighted by molar-refractivity contribution is -0.140. The molecule has 0 atom stereocenters. The van der Waals surface area contributed by atoms with Crippen LogP contribution in [0.1, 0.15) is 35.5 Å². The summed E-state index contributed by atoms with van der Waals surface area (Å²) in [6.45, 7) is 4.16. The van der Waals surface area contributed by atoms with Crippen LogP contribution in [0, 0.1) is 0 Å². The molecule has 2 amide bonds. The summed E-state index contributed by atoms with van der Waals surface area (Å²) in [5.74, 6) is -0.629. The molecule has 3 aromatic heterocycles. The number of benzene rings is 2. The van der Waals surface area contributed by atoms with Crippen LogP contribution in [0.2, 0.25) is 0 Å². The third-order valence-corrected chi connectivity index (χ3v) is 7.47. The van der Waals surface area contributed by atoms with E-state index in [-0.39, 0.29) is 28.4 Å². The van der Waals surface area contributed by atoms with E-state index in [4.69, 9.17) is 4.74 Å². The fourth-order valence-electron chi connectivity index (χ4n) is 4.60. The quantitative estimate of drug-likeness (QED) is 0.189. The lowest BCUT2D eigenvalue weighted by atomic mass is 9.99. The number of hydrogen-bond acceptors (Lipinski definition) is 7. The first kappa shape index (κ1) is 30.4. The summed E-state index contributed by atoms with van der Waals surface area (Å²) in [7, 11) is 0. The standard InChI is InChI=1S/C31H26F3N5O4S/c1-3-35-30(42)38-26-13-21(28-37-25(17-44-28)31(32,33)34)22(14-36-26)19-10-11-20-24(12-19)39(15-18-8-6-5-7-9-18)16-23(27(20)40)29(41)43-4-2/h5-14,16-17H,3-4,15H2,1-2H3,(H2,35,36,38,42). The highest BCUT2D eigenvalue weighted by atomic mass is 32.1. The monoisotopic (exact) mass is 621 g/mol. The van der Waals surface area contributed by atoms with Gasteiger partial charge in [-0.3, -0.25) is 10.1 Å². The van der Waals surface area contributed by atoms with E-state index in [0.29, 0.717) is 35.3 Å². The number of pyridine rings is 2. The molecule has 0 radical (unpaired) electrons. The fourth-order valence-corrected chi connectivity index (χ4v) is 5.46. The van der Waals surface area contributed by atoms with Crippen LogP contribution in [-0.4, -0.2) is 39.7 Å². The molecule has 44 heavy (non-hydrogen) atoms. The molecule has 9 nitrogen and oxygen atoms in total. The van der Waals surface area contributed by atoms with Crippen LogP contribution in [0.15, 0.2) is 77.2 Å². The topological polar surface area (TPSA) is 115 Å². The molecule has 0 aliphatic carbocycles. The number of ether oxygens (including phenoxy) is 1. The van der Waals surface area contributed by atoms with Gasteiger partial charge < -0.3 is 14.6 Å². The summed E-state index contributed by atoms with van der Waals surface area (Å²) in [6, 6.07) is 15.2. The number of carbonyl (C=O) groups is 2. The van der Waals surface area contributed by atoms with E-state index in [1.807, 2.05) is 30.3 Å². The Labute approximate surface area is 253 Å². The van der Waals surface area contributed by atoms with Gasteiger partial charge in [-0.25, -0.2) is 19.6 Å². The average molecular weight is 622 g/mol. The molecule has 226 valence electrons. The van der Waals surface area contributed by atoms with Gasteiger partial charge in [0.25, 0.3) is 0 Å². The van der Waals surface area contributed by atoms with Crippen LogP contribution in [0.4, 0.5) is 23.8 Å². The van der Waals surface area contributed by atoms with Crippen molar-refractivity contribution in [3.63, 3.8) is 0 Å². The number of fused-ring (bicyclic) bond motifs is 1. The zero-order valence-electron chi connectivity index (χ0n) is 23.6. The van der Waals surface area contributed by atoms with Crippen molar-refractivity contribution in [1.82, 2.24) is 19.9 Å². The summed E-state index contributed by atoms with van der Waals surface area (Å²) >= 11 is 0.803. The van der Waals surface area contributed by atoms with Gasteiger partial charge in [0.2, 0.25) is 5.43 Å². The van der Waals surface area contributed by atoms with E-state index in [2.05, 4.69) is 20.6 Å². The summed E-state index contributed by atoms with van der Waals surface area (Å²) in [4.78, 5) is 46.3. The van der Waals surface area contributed by atoms with E-state index in [0.717, 1.165) is 22.3 Å². The van der Waals surface area contributed by atoms with Gasteiger partial charge in [0.15, 0.2) is 5.69 Å². The van der Waals surface area contributed by atoms with E-state index in [1.54, 1.807) is 36.6 Å². The van der Waals surface area contributed by atoms with Crippen LogP contribution in [0.25, 0.3) is 32.6 Å². The van der Waals surface area contributed by atoms with Gasteiger partial charge in [-0.2, -0.15) is 13.2 Å². The van der Waals surface area contributed by atoms with Gasteiger partial charge in [0.05, 0.1) is 12.1 Å². The highest BCUT2D eigenvalue weighted by Gasteiger charge is 2.34. The lowest BCUT2D eigenvalue weighted by Crippen LogP contribution is -2.28. The molecule has 13 heteroatoms. The minimum absolute atomic E-state index is 0.0631. The number of aromatic nitrogens is 3. The number of rotatable bonds is 8. The largest absolute Gasteiger partial charge is 0.462 e. The van der Waals surface area contributed by atoms with Gasteiger partial charge in [0, 0.05) is 47.4 Å². The number of esters is 1. The first-order valence-corrected chi connectivity index (χ1v) is 14.4. The molecule has 0 aliphatic heterocycles. The predicted molar refractivity (Wildman–Crippen MR) is 162 cm³/mol. The summed E-state index contributed by atoms with van der Waals surface area (Å²) in [5, 5.41) is 6.39. The fraction of sp³-hybridized carbons (Fsp3) is 0.194. The molecule has 0 spiro atoms. The third kappa shape index (κ3) is 6.47. The number of nitrogens with one attached hydrogen (secondary N) is 2. The predicted octanol–water partition coefficient (Wildman–Crippen LogP) is 6.57. The number of thiazole rings is 1. The molecule has 3 heterocycles. The maximum absolute atomic E-state index is 13.5. The highest BCUT2D eigenvalue weighted by Crippen LogP contribution is 2.39. The maximum Gasteiger partial charge on any atom is 0.434 e. The van der Waals surface area contributed by atoms with Crippen LogP contribution in [-0.2, 0) is 17.5 Å². The van der Waals surface area contributed by atoms with Crippen molar-refractivity contribution in [2.45, 2.75) is 26.6 Å². The van der Waals surface area contributed by atoms with Crippen LogP contribution >= 0.6 is 11.3 Å². The van der Waals surface area contributed by atoms with E-state index in [9.17, 15) is 27.6 Å². The Hall–Kier alpha value is -5.04. The molecule has 0 aliphatic rings. The second-order valence-corrected chi connectivity index (χ2v) is 10.4. The Morgan fingerprint density at radius 2 is 1.82 bits per heavy atom.